The molecule has 1 saturated heterocycles. The van der Waals surface area contributed by atoms with E-state index in [1.54, 1.807) is 4.90 Å². The fourth-order valence-corrected chi connectivity index (χ4v) is 1.59. The number of aliphatic hydroxyl groups excluding tert-OH is 2. The van der Waals surface area contributed by atoms with Crippen LogP contribution < -0.4 is 0 Å². The molecule has 1 rings (SSSR count). The SMILES string of the molecule is CC(C)(C)OC(=O)N1CCCC1CO.CO. The number of likely N-dealkylation sites (tertiary alicyclic amines) is 1. The number of hydrogen-bond donors (Lipinski definition) is 2. The molecule has 0 aromatic carbocycles. The zero-order valence-electron chi connectivity index (χ0n) is 10.6. The average molecular weight is 233 g/mol. The number of nitrogens with zero attached hydrogens (tertiary/aromatic N) is 1. The summed E-state index contributed by atoms with van der Waals surface area (Å²) in [5.41, 5.74) is -0.459. The molecule has 1 unspecified atom stereocenters. The molecule has 0 spiro atoms. The molecule has 1 fully saturated rings. The number of carbonyl (C=O) groups is 1. The van der Waals surface area contributed by atoms with Crippen molar-refractivity contribution in [3.8, 4) is 0 Å². The van der Waals surface area contributed by atoms with E-state index in [1.165, 1.54) is 0 Å². The summed E-state index contributed by atoms with van der Waals surface area (Å²) in [7, 11) is 1.00. The Morgan fingerprint density at radius 3 is 2.44 bits per heavy atom. The summed E-state index contributed by atoms with van der Waals surface area (Å²) < 4.78 is 5.23. The fraction of sp³-hybridized carbons (Fsp3) is 0.909. The Morgan fingerprint density at radius 1 is 1.44 bits per heavy atom. The van der Waals surface area contributed by atoms with Gasteiger partial charge in [-0.3, -0.25) is 0 Å². The topological polar surface area (TPSA) is 70.0 Å². The van der Waals surface area contributed by atoms with E-state index >= 15 is 0 Å². The van der Waals surface area contributed by atoms with Crippen LogP contribution in [0.3, 0.4) is 0 Å². The van der Waals surface area contributed by atoms with E-state index in [9.17, 15) is 4.79 Å². The third-order valence-electron chi connectivity index (χ3n) is 2.22. The van der Waals surface area contributed by atoms with E-state index in [-0.39, 0.29) is 18.7 Å². The molecular weight excluding hydrogens is 210 g/mol. The van der Waals surface area contributed by atoms with Gasteiger partial charge in [-0.1, -0.05) is 0 Å². The normalized spacial score (nSPS) is 20.1. The predicted molar refractivity (Wildman–Crippen MR) is 61.2 cm³/mol. The van der Waals surface area contributed by atoms with Gasteiger partial charge in [0.15, 0.2) is 0 Å². The highest BCUT2D eigenvalue weighted by Crippen LogP contribution is 2.20. The molecule has 0 bridgehead atoms. The maximum atomic E-state index is 11.6. The van der Waals surface area contributed by atoms with Crippen molar-refractivity contribution in [3.05, 3.63) is 0 Å². The third-order valence-corrected chi connectivity index (χ3v) is 2.22. The first-order chi connectivity index (χ1) is 7.44. The summed E-state index contributed by atoms with van der Waals surface area (Å²) in [5, 5.41) is 16.0. The molecule has 16 heavy (non-hydrogen) atoms. The zero-order chi connectivity index (χ0) is 12.8. The number of aliphatic hydroxyl groups is 2. The predicted octanol–water partition coefficient (Wildman–Crippen LogP) is 0.987. The Balaban J connectivity index is 0.00000106. The van der Waals surface area contributed by atoms with Gasteiger partial charge in [-0.2, -0.15) is 0 Å². The quantitative estimate of drug-likeness (QED) is 0.708. The van der Waals surface area contributed by atoms with Gasteiger partial charge in [0.05, 0.1) is 12.6 Å². The van der Waals surface area contributed by atoms with Crippen LogP contribution in [0.4, 0.5) is 4.79 Å². The minimum Gasteiger partial charge on any atom is -0.444 e. The molecule has 0 saturated carbocycles. The van der Waals surface area contributed by atoms with Gasteiger partial charge in [0, 0.05) is 13.7 Å². The summed E-state index contributed by atoms with van der Waals surface area (Å²) in [6.07, 6.45) is 1.51. The van der Waals surface area contributed by atoms with Gasteiger partial charge in [-0.15, -0.1) is 0 Å². The maximum Gasteiger partial charge on any atom is 0.410 e. The van der Waals surface area contributed by atoms with Gasteiger partial charge in [0.1, 0.15) is 5.60 Å². The third kappa shape index (κ3) is 4.81. The van der Waals surface area contributed by atoms with Crippen molar-refractivity contribution in [1.82, 2.24) is 4.90 Å². The Bertz CT molecular complexity index is 213. The van der Waals surface area contributed by atoms with Crippen molar-refractivity contribution in [1.29, 1.82) is 0 Å². The van der Waals surface area contributed by atoms with Crippen molar-refractivity contribution in [2.75, 3.05) is 20.3 Å². The molecule has 2 N–H and O–H groups in total. The van der Waals surface area contributed by atoms with Gasteiger partial charge in [0.25, 0.3) is 0 Å². The highest BCUT2D eigenvalue weighted by molar-refractivity contribution is 5.68. The first-order valence-electron chi connectivity index (χ1n) is 5.49. The number of ether oxygens (including phenoxy) is 1. The minimum absolute atomic E-state index is 0.0270. The van der Waals surface area contributed by atoms with Crippen molar-refractivity contribution < 1.29 is 19.7 Å². The van der Waals surface area contributed by atoms with E-state index in [0.29, 0.717) is 6.54 Å². The second-order valence-corrected chi connectivity index (χ2v) is 4.65. The van der Waals surface area contributed by atoms with Gasteiger partial charge >= 0.3 is 6.09 Å². The molecule has 1 aliphatic heterocycles. The van der Waals surface area contributed by atoms with E-state index in [0.717, 1.165) is 20.0 Å². The second kappa shape index (κ2) is 6.70. The van der Waals surface area contributed by atoms with E-state index in [1.807, 2.05) is 20.8 Å². The molecule has 0 radical (unpaired) electrons. The smallest absolute Gasteiger partial charge is 0.410 e. The van der Waals surface area contributed by atoms with Gasteiger partial charge in [-0.05, 0) is 33.6 Å². The van der Waals surface area contributed by atoms with Crippen LogP contribution in [-0.2, 0) is 4.74 Å². The van der Waals surface area contributed by atoms with Crippen LogP contribution in [0, 0.1) is 0 Å². The first-order valence-corrected chi connectivity index (χ1v) is 5.49. The molecule has 0 aromatic rings. The number of carbonyl (C=O) groups excluding carboxylic acids is 1. The molecule has 0 aliphatic carbocycles. The van der Waals surface area contributed by atoms with Crippen LogP contribution in [0.2, 0.25) is 0 Å². The lowest BCUT2D eigenvalue weighted by Crippen LogP contribution is -2.41. The largest absolute Gasteiger partial charge is 0.444 e. The lowest BCUT2D eigenvalue weighted by Gasteiger charge is -2.27. The summed E-state index contributed by atoms with van der Waals surface area (Å²) in [6, 6.07) is -0.0511. The van der Waals surface area contributed by atoms with Crippen molar-refractivity contribution in [2.45, 2.75) is 45.3 Å². The van der Waals surface area contributed by atoms with Crippen LogP contribution in [0.1, 0.15) is 33.6 Å². The fourth-order valence-electron chi connectivity index (χ4n) is 1.59. The molecule has 1 atom stereocenters. The monoisotopic (exact) mass is 233 g/mol. The molecule has 1 aliphatic rings. The van der Waals surface area contributed by atoms with E-state index in [4.69, 9.17) is 14.9 Å². The molecule has 1 heterocycles. The zero-order valence-corrected chi connectivity index (χ0v) is 10.6. The van der Waals surface area contributed by atoms with Gasteiger partial charge < -0.3 is 19.8 Å². The van der Waals surface area contributed by atoms with Crippen LogP contribution >= 0.6 is 0 Å². The molecule has 96 valence electrons. The van der Waals surface area contributed by atoms with Crippen LogP contribution in [-0.4, -0.2) is 53.1 Å². The van der Waals surface area contributed by atoms with Crippen LogP contribution in [0.5, 0.6) is 0 Å². The van der Waals surface area contributed by atoms with Crippen LogP contribution in [0.25, 0.3) is 0 Å². The highest BCUT2D eigenvalue weighted by Gasteiger charge is 2.31. The summed E-state index contributed by atoms with van der Waals surface area (Å²) in [6.45, 7) is 6.25. The summed E-state index contributed by atoms with van der Waals surface area (Å²) >= 11 is 0. The number of hydrogen-bond acceptors (Lipinski definition) is 4. The Kier molecular flexibility index (Phi) is 6.36. The first kappa shape index (κ1) is 15.2. The van der Waals surface area contributed by atoms with Crippen molar-refractivity contribution in [3.63, 3.8) is 0 Å². The maximum absolute atomic E-state index is 11.6. The van der Waals surface area contributed by atoms with E-state index in [2.05, 4.69) is 0 Å². The average Bonchev–Trinajstić information content (AvgIpc) is 2.66. The van der Waals surface area contributed by atoms with Crippen molar-refractivity contribution in [2.24, 2.45) is 0 Å². The Hall–Kier alpha value is -0.810. The minimum atomic E-state index is -0.459. The molecular formula is C11H23NO4. The lowest BCUT2D eigenvalue weighted by atomic mass is 10.2. The number of rotatable bonds is 1. The lowest BCUT2D eigenvalue weighted by molar-refractivity contribution is 0.0176. The number of amides is 1. The van der Waals surface area contributed by atoms with Crippen LogP contribution in [0.15, 0.2) is 0 Å². The summed E-state index contributed by atoms with van der Waals surface area (Å²) in [4.78, 5) is 13.2. The second-order valence-electron chi connectivity index (χ2n) is 4.65. The molecule has 0 aromatic heterocycles. The standard InChI is InChI=1S/C10H19NO3.CH4O/c1-10(2,3)14-9(13)11-6-4-5-8(11)7-12;1-2/h8,12H,4-7H2,1-3H3;2H,1H3. The van der Waals surface area contributed by atoms with Gasteiger partial charge in [0.2, 0.25) is 0 Å². The molecule has 5 heteroatoms. The van der Waals surface area contributed by atoms with E-state index < -0.39 is 5.60 Å². The Labute approximate surface area is 97.0 Å². The molecule has 1 amide bonds. The van der Waals surface area contributed by atoms with Crippen molar-refractivity contribution >= 4 is 6.09 Å². The molecule has 5 nitrogen and oxygen atoms in total. The highest BCUT2D eigenvalue weighted by atomic mass is 16.6. The Morgan fingerprint density at radius 2 is 2.00 bits per heavy atom. The summed E-state index contributed by atoms with van der Waals surface area (Å²) in [5.74, 6) is 0. The van der Waals surface area contributed by atoms with Gasteiger partial charge in [-0.25, -0.2) is 4.79 Å².